The molecular formula is C23H25N3O4. The Kier molecular flexibility index (Phi) is 4.50. The number of rotatable bonds is 6. The molecule has 1 spiro atoms. The van der Waals surface area contributed by atoms with Gasteiger partial charge in [0, 0.05) is 12.1 Å². The van der Waals surface area contributed by atoms with Gasteiger partial charge in [-0.05, 0) is 32.3 Å². The number of amides is 2. The smallest absolute Gasteiger partial charge is 0.235 e. The highest BCUT2D eigenvalue weighted by Gasteiger charge is 2.67. The molecule has 5 atom stereocenters. The monoisotopic (exact) mass is 407 g/mol. The Hall–Kier alpha value is -2.93. The van der Waals surface area contributed by atoms with Gasteiger partial charge in [-0.15, -0.1) is 0 Å². The van der Waals surface area contributed by atoms with Crippen LogP contribution in [-0.2, 0) is 20.7 Å². The van der Waals surface area contributed by atoms with Crippen molar-refractivity contribution in [2.75, 3.05) is 11.4 Å². The molecule has 3 aliphatic heterocycles. The van der Waals surface area contributed by atoms with Crippen LogP contribution >= 0.6 is 0 Å². The molecule has 1 aromatic carbocycles. The van der Waals surface area contributed by atoms with E-state index in [-0.39, 0.29) is 24.0 Å². The standard InChI is InChI=1S/C23H25N3O4/c1-14(8-9-16-6-4-3-5-7-16)24-21(27)19-17-10-11-23(29-17)13-26(22(28)20(19)23)18-12-15(2)30-25-18/h3-7,10-12,14,17,19-20H,8-9,13H2,1-2H3,(H,24,27)/t14-,17-,19+,20+,23-/m1/s1. The molecule has 30 heavy (non-hydrogen) atoms. The van der Waals surface area contributed by atoms with E-state index in [0.29, 0.717) is 18.1 Å². The first-order valence-corrected chi connectivity index (χ1v) is 10.4. The van der Waals surface area contributed by atoms with Crippen molar-refractivity contribution in [3.05, 3.63) is 59.9 Å². The first-order chi connectivity index (χ1) is 14.5. The number of nitrogens with zero attached hydrogens (tertiary/aromatic N) is 2. The second-order valence-electron chi connectivity index (χ2n) is 8.55. The summed E-state index contributed by atoms with van der Waals surface area (Å²) in [5, 5.41) is 7.08. The number of carbonyl (C=O) groups is 2. The highest BCUT2D eigenvalue weighted by Crippen LogP contribution is 2.52. The van der Waals surface area contributed by atoms with Crippen molar-refractivity contribution in [3.63, 3.8) is 0 Å². The van der Waals surface area contributed by atoms with Crippen LogP contribution in [0.4, 0.5) is 5.82 Å². The van der Waals surface area contributed by atoms with Crippen LogP contribution < -0.4 is 10.2 Å². The van der Waals surface area contributed by atoms with Crippen LogP contribution in [0.1, 0.15) is 24.7 Å². The Labute approximate surface area is 175 Å². The summed E-state index contributed by atoms with van der Waals surface area (Å²) in [4.78, 5) is 28.0. The number of aryl methyl sites for hydroxylation is 2. The molecule has 0 aliphatic carbocycles. The van der Waals surface area contributed by atoms with Crippen molar-refractivity contribution in [1.82, 2.24) is 10.5 Å². The van der Waals surface area contributed by atoms with Crippen LogP contribution in [0.3, 0.4) is 0 Å². The lowest BCUT2D eigenvalue weighted by atomic mass is 9.76. The lowest BCUT2D eigenvalue weighted by Gasteiger charge is -2.25. The summed E-state index contributed by atoms with van der Waals surface area (Å²) in [6.45, 7) is 4.13. The molecule has 2 aromatic rings. The van der Waals surface area contributed by atoms with E-state index in [9.17, 15) is 9.59 Å². The molecule has 156 valence electrons. The number of carbonyl (C=O) groups excluding carboxylic acids is 2. The second-order valence-corrected chi connectivity index (χ2v) is 8.55. The quantitative estimate of drug-likeness (QED) is 0.744. The molecule has 1 N–H and O–H groups in total. The van der Waals surface area contributed by atoms with E-state index in [1.165, 1.54) is 5.56 Å². The van der Waals surface area contributed by atoms with E-state index in [2.05, 4.69) is 22.6 Å². The van der Waals surface area contributed by atoms with E-state index in [4.69, 9.17) is 9.26 Å². The zero-order valence-electron chi connectivity index (χ0n) is 17.1. The largest absolute Gasteiger partial charge is 0.360 e. The summed E-state index contributed by atoms with van der Waals surface area (Å²) in [5.41, 5.74) is 0.484. The Bertz CT molecular complexity index is 1000. The SMILES string of the molecule is Cc1cc(N2C[C@@]34C=C[C@@H](O3)[C@H](C(=O)N[C@H](C)CCc3ccccc3)[C@H]4C2=O)no1. The highest BCUT2D eigenvalue weighted by atomic mass is 16.5. The maximum Gasteiger partial charge on any atom is 0.235 e. The highest BCUT2D eigenvalue weighted by molar-refractivity contribution is 6.02. The molecule has 2 saturated heterocycles. The number of aromatic nitrogens is 1. The van der Waals surface area contributed by atoms with Crippen molar-refractivity contribution in [1.29, 1.82) is 0 Å². The van der Waals surface area contributed by atoms with Crippen molar-refractivity contribution in [2.24, 2.45) is 11.8 Å². The first kappa shape index (κ1) is 19.1. The summed E-state index contributed by atoms with van der Waals surface area (Å²) >= 11 is 0. The van der Waals surface area contributed by atoms with E-state index in [1.807, 2.05) is 37.3 Å². The van der Waals surface area contributed by atoms with Crippen LogP contribution in [-0.4, -0.2) is 41.3 Å². The zero-order valence-corrected chi connectivity index (χ0v) is 17.1. The Balaban J connectivity index is 1.28. The molecule has 5 rings (SSSR count). The number of benzene rings is 1. The Morgan fingerprint density at radius 1 is 1.37 bits per heavy atom. The van der Waals surface area contributed by atoms with Crippen LogP contribution in [0.2, 0.25) is 0 Å². The zero-order chi connectivity index (χ0) is 20.9. The number of hydrogen-bond donors (Lipinski definition) is 1. The molecule has 3 aliphatic rings. The molecule has 2 bridgehead atoms. The van der Waals surface area contributed by atoms with E-state index < -0.39 is 17.4 Å². The fourth-order valence-corrected chi connectivity index (χ4v) is 4.91. The third-order valence-electron chi connectivity index (χ3n) is 6.39. The topological polar surface area (TPSA) is 84.7 Å². The normalized spacial score (nSPS) is 30.0. The summed E-state index contributed by atoms with van der Waals surface area (Å²) in [6, 6.07) is 11.9. The minimum atomic E-state index is -0.760. The van der Waals surface area contributed by atoms with Crippen LogP contribution in [0.5, 0.6) is 0 Å². The molecule has 0 unspecified atom stereocenters. The molecule has 0 radical (unpaired) electrons. The number of fused-ring (bicyclic) bond motifs is 1. The van der Waals surface area contributed by atoms with Gasteiger partial charge in [0.15, 0.2) is 5.82 Å². The van der Waals surface area contributed by atoms with Gasteiger partial charge >= 0.3 is 0 Å². The number of ether oxygens (including phenoxy) is 1. The predicted octanol–water partition coefficient (Wildman–Crippen LogP) is 2.41. The van der Waals surface area contributed by atoms with Gasteiger partial charge in [0.1, 0.15) is 11.4 Å². The predicted molar refractivity (Wildman–Crippen MR) is 110 cm³/mol. The van der Waals surface area contributed by atoms with Crippen molar-refractivity contribution < 1.29 is 18.8 Å². The van der Waals surface area contributed by atoms with Gasteiger partial charge in [-0.25, -0.2) is 0 Å². The minimum absolute atomic E-state index is 0.00237. The summed E-state index contributed by atoms with van der Waals surface area (Å²) in [5.74, 6) is -0.215. The van der Waals surface area contributed by atoms with Gasteiger partial charge in [-0.2, -0.15) is 0 Å². The Morgan fingerprint density at radius 3 is 2.90 bits per heavy atom. The van der Waals surface area contributed by atoms with Crippen LogP contribution in [0.15, 0.2) is 53.1 Å². The minimum Gasteiger partial charge on any atom is -0.360 e. The molecule has 0 saturated carbocycles. The van der Waals surface area contributed by atoms with Crippen LogP contribution in [0, 0.1) is 18.8 Å². The van der Waals surface area contributed by atoms with Gasteiger partial charge in [0.25, 0.3) is 0 Å². The third kappa shape index (κ3) is 3.04. The average molecular weight is 407 g/mol. The number of nitrogens with one attached hydrogen (secondary N) is 1. The first-order valence-electron chi connectivity index (χ1n) is 10.4. The summed E-state index contributed by atoms with van der Waals surface area (Å²) in [6.07, 6.45) is 5.22. The van der Waals surface area contributed by atoms with Gasteiger partial charge in [-0.1, -0.05) is 47.6 Å². The van der Waals surface area contributed by atoms with Gasteiger partial charge in [0.2, 0.25) is 11.8 Å². The number of anilines is 1. The van der Waals surface area contributed by atoms with Gasteiger partial charge < -0.3 is 14.6 Å². The molecule has 2 fully saturated rings. The fraction of sp³-hybridized carbons (Fsp3) is 0.435. The Morgan fingerprint density at radius 2 is 2.17 bits per heavy atom. The molecule has 7 nitrogen and oxygen atoms in total. The van der Waals surface area contributed by atoms with Gasteiger partial charge in [0.05, 0.1) is 24.5 Å². The number of hydrogen-bond acceptors (Lipinski definition) is 5. The van der Waals surface area contributed by atoms with Gasteiger partial charge in [-0.3, -0.25) is 14.5 Å². The van der Waals surface area contributed by atoms with Crippen LogP contribution in [0.25, 0.3) is 0 Å². The average Bonchev–Trinajstić information content (AvgIpc) is 3.48. The lowest BCUT2D eigenvalue weighted by Crippen LogP contribution is -2.46. The maximum atomic E-state index is 13.2. The lowest BCUT2D eigenvalue weighted by molar-refractivity contribution is -0.132. The fourth-order valence-electron chi connectivity index (χ4n) is 4.91. The third-order valence-corrected chi connectivity index (χ3v) is 6.39. The second kappa shape index (κ2) is 7.09. The van der Waals surface area contributed by atoms with E-state index >= 15 is 0 Å². The van der Waals surface area contributed by atoms with E-state index in [0.717, 1.165) is 12.8 Å². The van der Waals surface area contributed by atoms with Crippen molar-refractivity contribution in [3.8, 4) is 0 Å². The molecule has 7 heteroatoms. The molecular weight excluding hydrogens is 382 g/mol. The molecule has 4 heterocycles. The van der Waals surface area contributed by atoms with E-state index in [1.54, 1.807) is 17.9 Å². The molecule has 1 aromatic heterocycles. The molecule has 2 amide bonds. The summed E-state index contributed by atoms with van der Waals surface area (Å²) in [7, 11) is 0. The van der Waals surface area contributed by atoms with Crippen molar-refractivity contribution >= 4 is 17.6 Å². The van der Waals surface area contributed by atoms with Crippen molar-refractivity contribution in [2.45, 2.75) is 44.4 Å². The maximum absolute atomic E-state index is 13.2. The summed E-state index contributed by atoms with van der Waals surface area (Å²) < 4.78 is 11.3.